The van der Waals surface area contributed by atoms with E-state index in [0.717, 1.165) is 27.9 Å². The van der Waals surface area contributed by atoms with Crippen LogP contribution in [0.15, 0.2) is 78.9 Å². The molecule has 0 atom stereocenters. The molecular weight excluding hydrogens is 338 g/mol. The van der Waals surface area contributed by atoms with Gasteiger partial charge in [-0.15, -0.1) is 0 Å². The van der Waals surface area contributed by atoms with Crippen LogP contribution in [0.2, 0.25) is 0 Å². The molecule has 0 N–H and O–H groups in total. The van der Waals surface area contributed by atoms with E-state index < -0.39 is 0 Å². The minimum atomic E-state index is -0.340. The van der Waals surface area contributed by atoms with Crippen LogP contribution in [0.25, 0.3) is 17.0 Å². The lowest BCUT2D eigenvalue weighted by Gasteiger charge is -2.07. The van der Waals surface area contributed by atoms with Crippen LogP contribution < -0.4 is 4.74 Å². The summed E-state index contributed by atoms with van der Waals surface area (Å²) in [6, 6.07) is 19.8. The molecule has 0 bridgehead atoms. The zero-order chi connectivity index (χ0) is 18.9. The summed E-state index contributed by atoms with van der Waals surface area (Å²) in [5.41, 5.74) is 2.87. The van der Waals surface area contributed by atoms with Gasteiger partial charge in [-0.1, -0.05) is 54.6 Å². The zero-order valence-electron chi connectivity index (χ0n) is 15.2. The van der Waals surface area contributed by atoms with E-state index in [4.69, 9.17) is 9.47 Å². The number of carbonyl (C=O) groups excluding carboxylic acids is 1. The number of para-hydroxylation sites is 1. The first-order valence-corrected chi connectivity index (χ1v) is 8.83. The smallest absolute Gasteiger partial charge is 0.330 e. The Bertz CT molecular complexity index is 959. The molecule has 2 aromatic carbocycles. The van der Waals surface area contributed by atoms with E-state index in [9.17, 15) is 4.79 Å². The van der Waals surface area contributed by atoms with Gasteiger partial charge in [0.15, 0.2) is 0 Å². The third kappa shape index (κ3) is 5.54. The molecule has 0 saturated carbocycles. The number of rotatable bonds is 7. The summed E-state index contributed by atoms with van der Waals surface area (Å²) in [5, 5.41) is 1.12. The molecule has 3 aromatic rings. The van der Waals surface area contributed by atoms with E-state index in [1.807, 2.05) is 60.7 Å². The van der Waals surface area contributed by atoms with Crippen molar-refractivity contribution in [2.75, 3.05) is 6.61 Å². The van der Waals surface area contributed by atoms with Gasteiger partial charge in [0.05, 0.1) is 17.8 Å². The number of allylic oxidation sites excluding steroid dienone is 2. The van der Waals surface area contributed by atoms with Crippen molar-refractivity contribution >= 4 is 22.9 Å². The van der Waals surface area contributed by atoms with Crippen molar-refractivity contribution in [1.82, 2.24) is 4.98 Å². The zero-order valence-corrected chi connectivity index (χ0v) is 15.2. The average Bonchev–Trinajstić information content (AvgIpc) is 2.70. The van der Waals surface area contributed by atoms with E-state index in [0.29, 0.717) is 13.2 Å². The van der Waals surface area contributed by atoms with Crippen LogP contribution in [0.1, 0.15) is 18.2 Å². The molecule has 0 aliphatic carbocycles. The maximum atomic E-state index is 11.2. The second-order valence-corrected chi connectivity index (χ2v) is 5.82. The molecule has 0 spiro atoms. The van der Waals surface area contributed by atoms with Crippen LogP contribution in [0.4, 0.5) is 0 Å². The van der Waals surface area contributed by atoms with E-state index in [-0.39, 0.29) is 5.97 Å². The minimum absolute atomic E-state index is 0.340. The Morgan fingerprint density at radius 2 is 1.81 bits per heavy atom. The van der Waals surface area contributed by atoms with E-state index in [1.165, 1.54) is 6.08 Å². The van der Waals surface area contributed by atoms with Crippen LogP contribution in [0, 0.1) is 0 Å². The highest BCUT2D eigenvalue weighted by atomic mass is 16.5. The highest BCUT2D eigenvalue weighted by Gasteiger charge is 2.00. The summed E-state index contributed by atoms with van der Waals surface area (Å²) in [6.07, 6.45) is 6.76. The lowest BCUT2D eigenvalue weighted by Crippen LogP contribution is -1.98. The van der Waals surface area contributed by atoms with Crippen LogP contribution in [0.5, 0.6) is 5.75 Å². The molecular formula is C23H21NO3. The number of nitrogens with zero attached hydrogens (tertiary/aromatic N) is 1. The number of fused-ring (bicyclic) bond motifs is 1. The Morgan fingerprint density at radius 1 is 1.00 bits per heavy atom. The maximum absolute atomic E-state index is 11.2. The molecule has 3 rings (SSSR count). The van der Waals surface area contributed by atoms with Gasteiger partial charge < -0.3 is 9.47 Å². The molecule has 0 fully saturated rings. The van der Waals surface area contributed by atoms with Crippen molar-refractivity contribution in [2.45, 2.75) is 13.5 Å². The summed E-state index contributed by atoms with van der Waals surface area (Å²) in [6.45, 7) is 2.58. The molecule has 1 heterocycles. The van der Waals surface area contributed by atoms with Gasteiger partial charge in [0.2, 0.25) is 0 Å². The van der Waals surface area contributed by atoms with Gasteiger partial charge in [-0.25, -0.2) is 9.78 Å². The Hall–Kier alpha value is -3.40. The largest absolute Gasteiger partial charge is 0.487 e. The number of carbonyl (C=O) groups is 1. The van der Waals surface area contributed by atoms with Crippen molar-refractivity contribution in [3.8, 4) is 5.75 Å². The highest BCUT2D eigenvalue weighted by Crippen LogP contribution is 2.16. The third-order valence-corrected chi connectivity index (χ3v) is 3.84. The molecule has 0 unspecified atom stereocenters. The molecule has 0 amide bonds. The normalized spacial score (nSPS) is 11.3. The van der Waals surface area contributed by atoms with Gasteiger partial charge in [-0.2, -0.15) is 0 Å². The molecule has 4 nitrogen and oxygen atoms in total. The summed E-state index contributed by atoms with van der Waals surface area (Å²) < 4.78 is 10.6. The summed E-state index contributed by atoms with van der Waals surface area (Å²) in [5.74, 6) is 0.442. The van der Waals surface area contributed by atoms with Crippen molar-refractivity contribution in [3.63, 3.8) is 0 Å². The molecule has 0 aliphatic rings. The van der Waals surface area contributed by atoms with Gasteiger partial charge in [-0.05, 0) is 36.8 Å². The number of hydrogen-bond acceptors (Lipinski definition) is 4. The molecule has 0 aliphatic heterocycles. The average molecular weight is 359 g/mol. The standard InChI is InChI=1S/C23H21NO3/c1-2-26-23(25)10-6-3-7-18-11-15-21(16-12-18)27-17-20-14-13-19-8-4-5-9-22(19)24-20/h3-16H,2,17H2,1H3. The Kier molecular flexibility index (Phi) is 6.36. The molecule has 4 heteroatoms. The van der Waals surface area contributed by atoms with Gasteiger partial charge in [0.1, 0.15) is 12.4 Å². The predicted octanol–water partition coefficient (Wildman–Crippen LogP) is 4.95. The second kappa shape index (κ2) is 9.34. The molecule has 1 aromatic heterocycles. The Morgan fingerprint density at radius 3 is 2.63 bits per heavy atom. The maximum Gasteiger partial charge on any atom is 0.330 e. The van der Waals surface area contributed by atoms with Gasteiger partial charge in [0.25, 0.3) is 0 Å². The number of pyridine rings is 1. The lowest BCUT2D eigenvalue weighted by molar-refractivity contribution is -0.137. The fourth-order valence-electron chi connectivity index (χ4n) is 2.51. The van der Waals surface area contributed by atoms with E-state index >= 15 is 0 Å². The van der Waals surface area contributed by atoms with Crippen LogP contribution in [0.3, 0.4) is 0 Å². The van der Waals surface area contributed by atoms with Crippen LogP contribution >= 0.6 is 0 Å². The Balaban J connectivity index is 1.54. The van der Waals surface area contributed by atoms with Crippen molar-refractivity contribution in [1.29, 1.82) is 0 Å². The minimum Gasteiger partial charge on any atom is -0.487 e. The number of ether oxygens (including phenoxy) is 2. The molecule has 0 radical (unpaired) electrons. The SMILES string of the molecule is CCOC(=O)C=CC=Cc1ccc(OCc2ccc3ccccc3n2)cc1. The van der Waals surface area contributed by atoms with Crippen molar-refractivity contribution in [2.24, 2.45) is 0 Å². The fourth-order valence-corrected chi connectivity index (χ4v) is 2.51. The van der Waals surface area contributed by atoms with Gasteiger partial charge in [-0.3, -0.25) is 0 Å². The Labute approximate surface area is 158 Å². The molecule has 136 valence electrons. The molecule has 0 saturated heterocycles. The topological polar surface area (TPSA) is 48.4 Å². The quantitative estimate of drug-likeness (QED) is 0.340. The predicted molar refractivity (Wildman–Crippen MR) is 107 cm³/mol. The monoisotopic (exact) mass is 359 g/mol. The summed E-state index contributed by atoms with van der Waals surface area (Å²) in [7, 11) is 0. The first kappa shape index (κ1) is 18.4. The fraction of sp³-hybridized carbons (Fsp3) is 0.130. The highest BCUT2D eigenvalue weighted by molar-refractivity contribution is 5.82. The van der Waals surface area contributed by atoms with Crippen molar-refractivity contribution in [3.05, 3.63) is 90.1 Å². The van der Waals surface area contributed by atoms with Crippen molar-refractivity contribution < 1.29 is 14.3 Å². The number of esters is 1. The lowest BCUT2D eigenvalue weighted by atomic mass is 10.2. The number of hydrogen-bond donors (Lipinski definition) is 0. The number of aromatic nitrogens is 1. The molecule has 27 heavy (non-hydrogen) atoms. The first-order chi connectivity index (χ1) is 13.2. The summed E-state index contributed by atoms with van der Waals surface area (Å²) >= 11 is 0. The third-order valence-electron chi connectivity index (χ3n) is 3.84. The van der Waals surface area contributed by atoms with Crippen LogP contribution in [-0.2, 0) is 16.1 Å². The van der Waals surface area contributed by atoms with Gasteiger partial charge in [0, 0.05) is 11.5 Å². The first-order valence-electron chi connectivity index (χ1n) is 8.83. The van der Waals surface area contributed by atoms with E-state index in [1.54, 1.807) is 19.1 Å². The van der Waals surface area contributed by atoms with E-state index in [2.05, 4.69) is 11.1 Å². The second-order valence-electron chi connectivity index (χ2n) is 5.82. The van der Waals surface area contributed by atoms with Crippen LogP contribution in [-0.4, -0.2) is 17.6 Å². The van der Waals surface area contributed by atoms with Gasteiger partial charge >= 0.3 is 5.97 Å². The summed E-state index contributed by atoms with van der Waals surface area (Å²) in [4.78, 5) is 15.8. The number of benzene rings is 2.